The third-order valence-electron chi connectivity index (χ3n) is 6.68. The maximum Gasteiger partial charge on any atom is 0.193 e. The highest BCUT2D eigenvalue weighted by molar-refractivity contribution is 14.0. The number of imidazole rings is 1. The lowest BCUT2D eigenvalue weighted by Gasteiger charge is -2.40. The first-order valence-corrected chi connectivity index (χ1v) is 10.9. The van der Waals surface area contributed by atoms with Crippen molar-refractivity contribution in [3.05, 3.63) is 54.1 Å². The lowest BCUT2D eigenvalue weighted by atomic mass is 9.93. The lowest BCUT2D eigenvalue weighted by Crippen LogP contribution is -2.52. The Hall–Kier alpha value is -1.61. The van der Waals surface area contributed by atoms with Crippen LogP contribution in [0.1, 0.15) is 37.4 Å². The van der Waals surface area contributed by atoms with Crippen LogP contribution in [0.2, 0.25) is 0 Å². The molecule has 3 atom stereocenters. The Morgan fingerprint density at radius 3 is 2.80 bits per heavy atom. The van der Waals surface area contributed by atoms with E-state index in [0.717, 1.165) is 45.1 Å². The number of piperidine rings is 1. The Balaban J connectivity index is 0.00000256. The lowest BCUT2D eigenvalue weighted by molar-refractivity contribution is 0.178. The summed E-state index contributed by atoms with van der Waals surface area (Å²) in [5.74, 6) is 1.66. The molecule has 1 N–H and O–H groups in total. The molecule has 0 aliphatic carbocycles. The van der Waals surface area contributed by atoms with Crippen molar-refractivity contribution in [2.75, 3.05) is 33.2 Å². The molecular weight excluding hydrogens is 487 g/mol. The fourth-order valence-electron chi connectivity index (χ4n) is 4.69. The number of hydrogen-bond donors (Lipinski definition) is 1. The summed E-state index contributed by atoms with van der Waals surface area (Å²) in [6.07, 6.45) is 8.21. The quantitative estimate of drug-likeness (QED) is 0.380. The van der Waals surface area contributed by atoms with Gasteiger partial charge in [-0.1, -0.05) is 31.2 Å². The molecule has 1 saturated heterocycles. The molecule has 0 bridgehead atoms. The predicted octanol–water partition coefficient (Wildman–Crippen LogP) is 3.41. The highest BCUT2D eigenvalue weighted by atomic mass is 127. The molecule has 2 aliphatic heterocycles. The standard InChI is InChI=1S/C23H34N6.HI/c1-18-8-11-28(16-22(18)29-13-10-25-17-29)23(24-3)26-14-19(2)27-12-9-20-6-4-5-7-21(20)15-27;/h4-7,10,13,17-19,22H,8-9,11-12,14-16H2,1-3H3,(H,24,26);1H. The molecule has 0 spiro atoms. The molecule has 3 unspecified atom stereocenters. The van der Waals surface area contributed by atoms with Crippen molar-refractivity contribution >= 4 is 29.9 Å². The van der Waals surface area contributed by atoms with Gasteiger partial charge >= 0.3 is 0 Å². The third kappa shape index (κ3) is 5.17. The van der Waals surface area contributed by atoms with Gasteiger partial charge in [0.05, 0.1) is 12.4 Å². The monoisotopic (exact) mass is 522 g/mol. The molecule has 0 saturated carbocycles. The van der Waals surface area contributed by atoms with Gasteiger partial charge in [-0.15, -0.1) is 24.0 Å². The van der Waals surface area contributed by atoms with Crippen LogP contribution < -0.4 is 5.32 Å². The minimum atomic E-state index is 0. The second-order valence-electron chi connectivity index (χ2n) is 8.56. The molecule has 164 valence electrons. The van der Waals surface area contributed by atoms with Crippen LogP contribution in [0, 0.1) is 5.92 Å². The van der Waals surface area contributed by atoms with Gasteiger partial charge in [0.25, 0.3) is 0 Å². The molecule has 0 amide bonds. The summed E-state index contributed by atoms with van der Waals surface area (Å²) in [6, 6.07) is 9.76. The highest BCUT2D eigenvalue weighted by Crippen LogP contribution is 2.27. The van der Waals surface area contributed by atoms with Gasteiger partial charge in [0, 0.05) is 58.2 Å². The number of fused-ring (bicyclic) bond motifs is 1. The number of guanidine groups is 1. The average molecular weight is 522 g/mol. The molecule has 1 fully saturated rings. The van der Waals surface area contributed by atoms with Crippen molar-refractivity contribution in [3.8, 4) is 0 Å². The van der Waals surface area contributed by atoms with Gasteiger partial charge in [0.2, 0.25) is 0 Å². The predicted molar refractivity (Wildman–Crippen MR) is 133 cm³/mol. The summed E-state index contributed by atoms with van der Waals surface area (Å²) in [5, 5.41) is 3.65. The summed E-state index contributed by atoms with van der Waals surface area (Å²) in [6.45, 7) is 9.77. The first-order valence-electron chi connectivity index (χ1n) is 10.9. The van der Waals surface area contributed by atoms with Crippen LogP contribution in [-0.4, -0.2) is 64.6 Å². The molecule has 4 rings (SSSR count). The van der Waals surface area contributed by atoms with E-state index in [1.54, 1.807) is 0 Å². The number of aromatic nitrogens is 2. The average Bonchev–Trinajstić information content (AvgIpc) is 3.29. The smallest absolute Gasteiger partial charge is 0.193 e. The molecule has 3 heterocycles. The zero-order chi connectivity index (χ0) is 20.2. The van der Waals surface area contributed by atoms with E-state index in [1.807, 2.05) is 19.6 Å². The summed E-state index contributed by atoms with van der Waals surface area (Å²) in [4.78, 5) is 13.8. The minimum absolute atomic E-state index is 0. The second-order valence-corrected chi connectivity index (χ2v) is 8.56. The molecule has 0 radical (unpaired) electrons. The van der Waals surface area contributed by atoms with Crippen LogP contribution in [0.25, 0.3) is 0 Å². The molecule has 2 aliphatic rings. The SMILES string of the molecule is CN=C(NCC(C)N1CCc2ccccc2C1)N1CCC(C)C(n2ccnc2)C1.I. The van der Waals surface area contributed by atoms with Gasteiger partial charge in [-0.3, -0.25) is 9.89 Å². The topological polar surface area (TPSA) is 48.7 Å². The fraction of sp³-hybridized carbons (Fsp3) is 0.565. The van der Waals surface area contributed by atoms with Crippen LogP contribution in [0.5, 0.6) is 0 Å². The van der Waals surface area contributed by atoms with E-state index in [-0.39, 0.29) is 24.0 Å². The normalized spacial score (nSPS) is 23.4. The largest absolute Gasteiger partial charge is 0.355 e. The number of rotatable bonds is 4. The number of nitrogens with one attached hydrogen (secondary N) is 1. The van der Waals surface area contributed by atoms with Crippen LogP contribution in [-0.2, 0) is 13.0 Å². The molecule has 2 aromatic rings. The van der Waals surface area contributed by atoms with Gasteiger partial charge in [0.15, 0.2) is 5.96 Å². The van der Waals surface area contributed by atoms with Gasteiger partial charge in [-0.05, 0) is 36.8 Å². The summed E-state index contributed by atoms with van der Waals surface area (Å²) in [5.41, 5.74) is 2.98. The van der Waals surface area contributed by atoms with E-state index in [4.69, 9.17) is 0 Å². The summed E-state index contributed by atoms with van der Waals surface area (Å²) >= 11 is 0. The van der Waals surface area contributed by atoms with Crippen LogP contribution in [0.15, 0.2) is 48.0 Å². The zero-order valence-electron chi connectivity index (χ0n) is 18.4. The van der Waals surface area contributed by atoms with Crippen molar-refractivity contribution in [3.63, 3.8) is 0 Å². The number of halogens is 1. The molecule has 30 heavy (non-hydrogen) atoms. The van der Waals surface area contributed by atoms with Gasteiger partial charge < -0.3 is 14.8 Å². The first kappa shape index (κ1) is 23.1. The fourth-order valence-corrected chi connectivity index (χ4v) is 4.69. The Bertz CT molecular complexity index is 821. The van der Waals surface area contributed by atoms with Gasteiger partial charge in [-0.25, -0.2) is 4.98 Å². The van der Waals surface area contributed by atoms with Crippen molar-refractivity contribution < 1.29 is 0 Å². The zero-order valence-corrected chi connectivity index (χ0v) is 20.7. The van der Waals surface area contributed by atoms with Crippen molar-refractivity contribution in [2.45, 2.75) is 45.3 Å². The van der Waals surface area contributed by atoms with E-state index in [2.05, 4.69) is 74.0 Å². The molecule has 1 aromatic carbocycles. The van der Waals surface area contributed by atoms with Gasteiger partial charge in [-0.2, -0.15) is 0 Å². The van der Waals surface area contributed by atoms with Crippen molar-refractivity contribution in [2.24, 2.45) is 10.9 Å². The minimum Gasteiger partial charge on any atom is -0.355 e. The molecular formula is C23H35IN6. The summed E-state index contributed by atoms with van der Waals surface area (Å²) < 4.78 is 2.25. The van der Waals surface area contributed by atoms with Crippen molar-refractivity contribution in [1.82, 2.24) is 24.7 Å². The Morgan fingerprint density at radius 2 is 2.07 bits per heavy atom. The van der Waals surface area contributed by atoms with Crippen LogP contribution >= 0.6 is 24.0 Å². The Kier molecular flexibility index (Phi) is 8.16. The molecule has 7 heteroatoms. The number of aliphatic imine (C=N–C) groups is 1. The first-order chi connectivity index (χ1) is 14.2. The highest BCUT2D eigenvalue weighted by Gasteiger charge is 2.29. The number of benzene rings is 1. The van der Waals surface area contributed by atoms with E-state index in [1.165, 1.54) is 17.5 Å². The summed E-state index contributed by atoms with van der Waals surface area (Å²) in [7, 11) is 1.90. The van der Waals surface area contributed by atoms with E-state index in [9.17, 15) is 0 Å². The van der Waals surface area contributed by atoms with Crippen LogP contribution in [0.3, 0.4) is 0 Å². The van der Waals surface area contributed by atoms with E-state index < -0.39 is 0 Å². The maximum atomic E-state index is 4.59. The third-order valence-corrected chi connectivity index (χ3v) is 6.68. The number of nitrogens with zero attached hydrogens (tertiary/aromatic N) is 5. The molecule has 6 nitrogen and oxygen atoms in total. The molecule has 1 aromatic heterocycles. The maximum absolute atomic E-state index is 4.59. The Morgan fingerprint density at radius 1 is 1.27 bits per heavy atom. The number of hydrogen-bond acceptors (Lipinski definition) is 3. The Labute approximate surface area is 197 Å². The van der Waals surface area contributed by atoms with E-state index >= 15 is 0 Å². The van der Waals surface area contributed by atoms with Crippen molar-refractivity contribution in [1.29, 1.82) is 0 Å². The number of likely N-dealkylation sites (tertiary alicyclic amines) is 1. The second kappa shape index (κ2) is 10.6. The van der Waals surface area contributed by atoms with E-state index in [0.29, 0.717) is 18.0 Å². The van der Waals surface area contributed by atoms with Gasteiger partial charge in [0.1, 0.15) is 0 Å². The van der Waals surface area contributed by atoms with Crippen LogP contribution in [0.4, 0.5) is 0 Å².